The molecule has 0 saturated heterocycles. The van der Waals surface area contributed by atoms with Gasteiger partial charge in [-0.3, -0.25) is 4.79 Å². The average Bonchev–Trinajstić information content (AvgIpc) is 2.52. The van der Waals surface area contributed by atoms with Crippen LogP contribution in [0.4, 0.5) is 11.5 Å². The summed E-state index contributed by atoms with van der Waals surface area (Å²) >= 11 is 6.30. The summed E-state index contributed by atoms with van der Waals surface area (Å²) in [6.45, 7) is 9.14. The molecule has 1 aromatic heterocycles. The van der Waals surface area contributed by atoms with E-state index in [1.165, 1.54) is 6.33 Å². The van der Waals surface area contributed by atoms with Gasteiger partial charge in [0, 0.05) is 19.2 Å². The van der Waals surface area contributed by atoms with Crippen molar-refractivity contribution >= 4 is 29.0 Å². The minimum atomic E-state index is -0.104. The molecule has 0 spiro atoms. The highest BCUT2D eigenvalue weighted by Gasteiger charge is 2.15. The van der Waals surface area contributed by atoms with E-state index in [2.05, 4.69) is 15.3 Å². The Bertz CT molecular complexity index is 690. The van der Waals surface area contributed by atoms with Crippen molar-refractivity contribution in [3.63, 3.8) is 0 Å². The minimum Gasteiger partial charge on any atom is -0.339 e. The molecule has 2 aromatic rings. The van der Waals surface area contributed by atoms with Crippen LogP contribution in [0.1, 0.15) is 35.5 Å². The van der Waals surface area contributed by atoms with Crippen molar-refractivity contribution in [1.82, 2.24) is 14.9 Å². The van der Waals surface area contributed by atoms with Crippen LogP contribution >= 0.6 is 11.6 Å². The van der Waals surface area contributed by atoms with Crippen LogP contribution in [-0.2, 0) is 0 Å². The van der Waals surface area contributed by atoms with Gasteiger partial charge < -0.3 is 10.2 Å². The minimum absolute atomic E-state index is 0.104. The van der Waals surface area contributed by atoms with Gasteiger partial charge >= 0.3 is 0 Å². The van der Waals surface area contributed by atoms with E-state index in [4.69, 9.17) is 11.6 Å². The molecule has 0 radical (unpaired) electrons. The Kier molecular flexibility index (Phi) is 5.55. The molecular formula is C17H21ClN4O. The van der Waals surface area contributed by atoms with Crippen LogP contribution in [0.3, 0.4) is 0 Å². The first-order chi connectivity index (χ1) is 11.0. The Labute approximate surface area is 141 Å². The molecule has 1 aromatic carbocycles. The summed E-state index contributed by atoms with van der Waals surface area (Å²) in [6, 6.07) is 5.58. The zero-order valence-electron chi connectivity index (χ0n) is 13.9. The second kappa shape index (κ2) is 7.42. The van der Waals surface area contributed by atoms with E-state index in [0.29, 0.717) is 29.6 Å². The van der Waals surface area contributed by atoms with Crippen LogP contribution < -0.4 is 5.32 Å². The third kappa shape index (κ3) is 3.99. The SMILES string of the molecule is CCN(CC)C(=O)c1cc(Nc2c(C)cc(C)cc2Cl)ncn1. The van der Waals surface area contributed by atoms with E-state index >= 15 is 0 Å². The number of hydrogen-bond acceptors (Lipinski definition) is 4. The Morgan fingerprint density at radius 3 is 2.48 bits per heavy atom. The van der Waals surface area contributed by atoms with Gasteiger partial charge in [-0.15, -0.1) is 0 Å². The first kappa shape index (κ1) is 17.2. The lowest BCUT2D eigenvalue weighted by Gasteiger charge is -2.18. The molecule has 0 bridgehead atoms. The second-order valence-electron chi connectivity index (χ2n) is 5.33. The predicted molar refractivity (Wildman–Crippen MR) is 93.5 cm³/mol. The van der Waals surface area contributed by atoms with Gasteiger partial charge in [0.05, 0.1) is 10.7 Å². The lowest BCUT2D eigenvalue weighted by molar-refractivity contribution is 0.0767. The number of halogens is 1. The van der Waals surface area contributed by atoms with Crippen LogP contribution in [0.5, 0.6) is 0 Å². The molecule has 5 nitrogen and oxygen atoms in total. The van der Waals surface area contributed by atoms with Gasteiger partial charge in [0.15, 0.2) is 0 Å². The number of carbonyl (C=O) groups excluding carboxylic acids is 1. The van der Waals surface area contributed by atoms with E-state index in [0.717, 1.165) is 16.8 Å². The molecule has 1 amide bonds. The van der Waals surface area contributed by atoms with Crippen LogP contribution in [0.15, 0.2) is 24.5 Å². The maximum atomic E-state index is 12.4. The van der Waals surface area contributed by atoms with Crippen LogP contribution in [0.2, 0.25) is 5.02 Å². The fourth-order valence-corrected chi connectivity index (χ4v) is 2.79. The standard InChI is InChI=1S/C17H21ClN4O/c1-5-22(6-2)17(23)14-9-15(20-10-19-14)21-16-12(4)7-11(3)8-13(16)18/h7-10H,5-6H2,1-4H3,(H,19,20,21). The maximum Gasteiger partial charge on any atom is 0.272 e. The van der Waals surface area contributed by atoms with Crippen molar-refractivity contribution in [3.05, 3.63) is 46.4 Å². The van der Waals surface area contributed by atoms with Gasteiger partial charge in [0.2, 0.25) is 0 Å². The first-order valence-corrected chi connectivity index (χ1v) is 7.99. The van der Waals surface area contributed by atoms with Crippen LogP contribution in [0.25, 0.3) is 0 Å². The molecule has 0 atom stereocenters. The normalized spacial score (nSPS) is 10.5. The number of amides is 1. The molecule has 0 aliphatic rings. The van der Waals surface area contributed by atoms with Crippen LogP contribution in [-0.4, -0.2) is 33.9 Å². The van der Waals surface area contributed by atoms with Gasteiger partial charge in [0.1, 0.15) is 17.8 Å². The molecule has 0 fully saturated rings. The third-order valence-electron chi connectivity index (χ3n) is 3.62. The molecular weight excluding hydrogens is 312 g/mol. The smallest absolute Gasteiger partial charge is 0.272 e. The fourth-order valence-electron chi connectivity index (χ4n) is 2.42. The molecule has 1 N–H and O–H groups in total. The van der Waals surface area contributed by atoms with Gasteiger partial charge in [-0.05, 0) is 44.9 Å². The number of nitrogens with one attached hydrogen (secondary N) is 1. The van der Waals surface area contributed by atoms with E-state index in [1.807, 2.05) is 39.8 Å². The number of rotatable bonds is 5. The van der Waals surface area contributed by atoms with E-state index < -0.39 is 0 Å². The number of nitrogens with zero attached hydrogens (tertiary/aromatic N) is 3. The summed E-state index contributed by atoms with van der Waals surface area (Å²) in [6.07, 6.45) is 1.39. The Morgan fingerprint density at radius 2 is 1.87 bits per heavy atom. The third-order valence-corrected chi connectivity index (χ3v) is 3.92. The fraction of sp³-hybridized carbons (Fsp3) is 0.353. The molecule has 0 saturated carbocycles. The summed E-state index contributed by atoms with van der Waals surface area (Å²) in [5.41, 5.74) is 3.27. The predicted octanol–water partition coefficient (Wildman–Crippen LogP) is 3.97. The number of benzene rings is 1. The average molecular weight is 333 g/mol. The maximum absolute atomic E-state index is 12.4. The zero-order valence-corrected chi connectivity index (χ0v) is 14.6. The number of aryl methyl sites for hydroxylation is 2. The molecule has 122 valence electrons. The number of hydrogen-bond donors (Lipinski definition) is 1. The Hall–Kier alpha value is -2.14. The monoisotopic (exact) mass is 332 g/mol. The van der Waals surface area contributed by atoms with E-state index in [9.17, 15) is 4.79 Å². The zero-order chi connectivity index (χ0) is 17.0. The summed E-state index contributed by atoms with van der Waals surface area (Å²) in [4.78, 5) is 22.4. The summed E-state index contributed by atoms with van der Waals surface area (Å²) in [7, 11) is 0. The molecule has 0 aliphatic carbocycles. The van der Waals surface area contributed by atoms with Crippen molar-refractivity contribution in [1.29, 1.82) is 0 Å². The van der Waals surface area contributed by atoms with Gasteiger partial charge in [-0.2, -0.15) is 0 Å². The van der Waals surface area contributed by atoms with Crippen molar-refractivity contribution in [2.24, 2.45) is 0 Å². The van der Waals surface area contributed by atoms with Gasteiger partial charge in [0.25, 0.3) is 5.91 Å². The van der Waals surface area contributed by atoms with Gasteiger partial charge in [-0.1, -0.05) is 17.7 Å². The first-order valence-electron chi connectivity index (χ1n) is 7.61. The lowest BCUT2D eigenvalue weighted by Crippen LogP contribution is -2.31. The molecule has 0 aliphatic heterocycles. The summed E-state index contributed by atoms with van der Waals surface area (Å²) in [5, 5.41) is 3.81. The topological polar surface area (TPSA) is 58.1 Å². The number of aromatic nitrogens is 2. The Morgan fingerprint density at radius 1 is 1.17 bits per heavy atom. The van der Waals surface area contributed by atoms with Crippen LogP contribution in [0, 0.1) is 13.8 Å². The lowest BCUT2D eigenvalue weighted by atomic mass is 10.1. The summed E-state index contributed by atoms with van der Waals surface area (Å²) < 4.78 is 0. The van der Waals surface area contributed by atoms with E-state index in [1.54, 1.807) is 11.0 Å². The molecule has 23 heavy (non-hydrogen) atoms. The number of carbonyl (C=O) groups is 1. The number of anilines is 2. The molecule has 1 heterocycles. The van der Waals surface area contributed by atoms with Crippen molar-refractivity contribution < 1.29 is 4.79 Å². The largest absolute Gasteiger partial charge is 0.339 e. The van der Waals surface area contributed by atoms with Crippen molar-refractivity contribution in [2.75, 3.05) is 18.4 Å². The molecule has 6 heteroatoms. The molecule has 2 rings (SSSR count). The highest BCUT2D eigenvalue weighted by Crippen LogP contribution is 2.29. The Balaban J connectivity index is 2.29. The van der Waals surface area contributed by atoms with Crippen molar-refractivity contribution in [3.8, 4) is 0 Å². The highest BCUT2D eigenvalue weighted by molar-refractivity contribution is 6.33. The van der Waals surface area contributed by atoms with Gasteiger partial charge in [-0.25, -0.2) is 9.97 Å². The van der Waals surface area contributed by atoms with E-state index in [-0.39, 0.29) is 5.91 Å². The summed E-state index contributed by atoms with van der Waals surface area (Å²) in [5.74, 6) is 0.441. The second-order valence-corrected chi connectivity index (χ2v) is 5.74. The highest BCUT2D eigenvalue weighted by atomic mass is 35.5. The molecule has 0 unspecified atom stereocenters. The van der Waals surface area contributed by atoms with Crippen molar-refractivity contribution in [2.45, 2.75) is 27.7 Å². The quantitative estimate of drug-likeness (QED) is 0.900.